The fourth-order valence-corrected chi connectivity index (χ4v) is 1.88. The molecule has 1 atom stereocenters. The molecule has 0 spiro atoms. The monoisotopic (exact) mass is 271 g/mol. The summed E-state index contributed by atoms with van der Waals surface area (Å²) >= 11 is 0. The first kappa shape index (κ1) is 18.1. The van der Waals surface area contributed by atoms with E-state index in [1.807, 2.05) is 0 Å². The Kier molecular flexibility index (Phi) is 11.5. The molecule has 112 valence electrons. The molecule has 0 saturated carbocycles. The van der Waals surface area contributed by atoms with Gasteiger partial charge in [0.05, 0.1) is 6.04 Å². The zero-order valence-corrected chi connectivity index (χ0v) is 12.6. The van der Waals surface area contributed by atoms with Crippen LogP contribution in [0.4, 0.5) is 0 Å². The molecule has 0 aromatic heterocycles. The maximum absolute atomic E-state index is 11.4. The number of rotatable bonds is 12. The number of unbranched alkanes of at least 4 members (excludes halogenated alkanes) is 3. The van der Waals surface area contributed by atoms with Gasteiger partial charge in [-0.05, 0) is 39.7 Å². The van der Waals surface area contributed by atoms with E-state index in [1.165, 1.54) is 0 Å². The molecule has 0 aliphatic heterocycles. The normalized spacial score (nSPS) is 12.2. The van der Waals surface area contributed by atoms with Crippen LogP contribution in [0, 0.1) is 0 Å². The maximum atomic E-state index is 11.4. The summed E-state index contributed by atoms with van der Waals surface area (Å²) in [4.78, 5) is 22.7. The zero-order chi connectivity index (χ0) is 14.5. The summed E-state index contributed by atoms with van der Waals surface area (Å²) in [5.74, 6) is 0.280. The number of carbonyl (C=O) groups is 2. The van der Waals surface area contributed by atoms with Gasteiger partial charge in [0, 0.05) is 13.0 Å². The summed E-state index contributed by atoms with van der Waals surface area (Å²) in [6.45, 7) is 4.42. The van der Waals surface area contributed by atoms with Gasteiger partial charge in [0.25, 0.3) is 0 Å². The molecule has 0 bridgehead atoms. The quantitative estimate of drug-likeness (QED) is 0.372. The van der Waals surface area contributed by atoms with E-state index in [9.17, 15) is 9.59 Å². The molecule has 19 heavy (non-hydrogen) atoms. The van der Waals surface area contributed by atoms with Gasteiger partial charge < -0.3 is 5.32 Å². The largest absolute Gasteiger partial charge is 0.356 e. The molecule has 5 heteroatoms. The summed E-state index contributed by atoms with van der Waals surface area (Å²) in [5, 5.41) is 2.92. The van der Waals surface area contributed by atoms with Gasteiger partial charge in [-0.1, -0.05) is 19.8 Å². The number of ketones is 1. The van der Waals surface area contributed by atoms with Crippen LogP contribution in [0.5, 0.6) is 0 Å². The average molecular weight is 271 g/mol. The highest BCUT2D eigenvalue weighted by molar-refractivity contribution is 5.81. The number of Topliss-reactive ketones (excluding diaryl/α,β-unsaturated/α-hetero) is 1. The third-order valence-electron chi connectivity index (χ3n) is 3.06. The average Bonchev–Trinajstić information content (AvgIpc) is 2.37. The SMILES string of the molecule is CCCCCC(=O)NCCCCC(NNC)C(C)=O. The van der Waals surface area contributed by atoms with Gasteiger partial charge in [-0.2, -0.15) is 0 Å². The number of amides is 1. The van der Waals surface area contributed by atoms with Crippen molar-refractivity contribution in [2.75, 3.05) is 13.6 Å². The lowest BCUT2D eigenvalue weighted by Crippen LogP contribution is -2.42. The van der Waals surface area contributed by atoms with Gasteiger partial charge in [0.2, 0.25) is 5.91 Å². The lowest BCUT2D eigenvalue weighted by molar-refractivity contribution is -0.121. The first-order valence-corrected chi connectivity index (χ1v) is 7.31. The molecule has 1 unspecified atom stereocenters. The van der Waals surface area contributed by atoms with Gasteiger partial charge in [0.15, 0.2) is 0 Å². The number of hydrogen-bond donors (Lipinski definition) is 3. The Bertz CT molecular complexity index is 257. The Morgan fingerprint density at radius 2 is 1.84 bits per heavy atom. The molecule has 0 radical (unpaired) electrons. The van der Waals surface area contributed by atoms with Gasteiger partial charge in [0.1, 0.15) is 5.78 Å². The molecule has 1 amide bonds. The fourth-order valence-electron chi connectivity index (χ4n) is 1.88. The molecule has 0 aromatic carbocycles. The molecular formula is C14H29N3O2. The van der Waals surface area contributed by atoms with E-state index >= 15 is 0 Å². The summed E-state index contributed by atoms with van der Waals surface area (Å²) in [6, 6.07) is -0.134. The van der Waals surface area contributed by atoms with Crippen molar-refractivity contribution in [2.45, 2.75) is 64.8 Å². The van der Waals surface area contributed by atoms with E-state index in [-0.39, 0.29) is 17.7 Å². The van der Waals surface area contributed by atoms with Crippen LogP contribution >= 0.6 is 0 Å². The molecule has 0 aliphatic carbocycles. The highest BCUT2D eigenvalue weighted by Gasteiger charge is 2.11. The van der Waals surface area contributed by atoms with Crippen LogP contribution in [0.3, 0.4) is 0 Å². The summed E-state index contributed by atoms with van der Waals surface area (Å²) < 4.78 is 0. The van der Waals surface area contributed by atoms with Gasteiger partial charge in [-0.25, -0.2) is 5.43 Å². The predicted octanol–water partition coefficient (Wildman–Crippen LogP) is 1.53. The Labute approximate surface area is 116 Å². The van der Waals surface area contributed by atoms with Crippen molar-refractivity contribution in [3.8, 4) is 0 Å². The van der Waals surface area contributed by atoms with Crippen molar-refractivity contribution in [3.63, 3.8) is 0 Å². The smallest absolute Gasteiger partial charge is 0.219 e. The number of nitrogens with one attached hydrogen (secondary N) is 3. The summed E-state index contributed by atoms with van der Waals surface area (Å²) in [6.07, 6.45) is 6.48. The number of hydrogen-bond acceptors (Lipinski definition) is 4. The maximum Gasteiger partial charge on any atom is 0.219 e. The molecule has 0 aliphatic rings. The second kappa shape index (κ2) is 12.1. The first-order chi connectivity index (χ1) is 9.11. The van der Waals surface area contributed by atoms with Crippen LogP contribution in [0.15, 0.2) is 0 Å². The standard InChI is InChI=1S/C14H29N3O2/c1-4-5-6-10-14(19)16-11-8-7-9-13(12(2)18)17-15-3/h13,15,17H,4-11H2,1-3H3,(H,16,19). The topological polar surface area (TPSA) is 70.2 Å². The molecule has 0 heterocycles. The molecule has 5 nitrogen and oxygen atoms in total. The molecule has 0 fully saturated rings. The van der Waals surface area contributed by atoms with E-state index in [2.05, 4.69) is 23.1 Å². The minimum Gasteiger partial charge on any atom is -0.356 e. The van der Waals surface area contributed by atoms with Gasteiger partial charge in [-0.15, -0.1) is 0 Å². The lowest BCUT2D eigenvalue weighted by atomic mass is 10.1. The minimum atomic E-state index is -0.134. The third kappa shape index (κ3) is 10.7. The van der Waals surface area contributed by atoms with E-state index in [0.29, 0.717) is 13.0 Å². The summed E-state index contributed by atoms with van der Waals surface area (Å²) in [5.41, 5.74) is 5.73. The first-order valence-electron chi connectivity index (χ1n) is 7.31. The van der Waals surface area contributed by atoms with E-state index < -0.39 is 0 Å². The van der Waals surface area contributed by atoms with Gasteiger partial charge >= 0.3 is 0 Å². The van der Waals surface area contributed by atoms with Crippen molar-refractivity contribution in [1.82, 2.24) is 16.2 Å². The van der Waals surface area contributed by atoms with Crippen LogP contribution in [-0.2, 0) is 9.59 Å². The minimum absolute atomic E-state index is 0.134. The Hall–Kier alpha value is -0.940. The number of carbonyl (C=O) groups excluding carboxylic acids is 2. The molecular weight excluding hydrogens is 242 g/mol. The van der Waals surface area contributed by atoms with Gasteiger partial charge in [-0.3, -0.25) is 15.0 Å². The van der Waals surface area contributed by atoms with Crippen molar-refractivity contribution in [1.29, 1.82) is 0 Å². The summed E-state index contributed by atoms with van der Waals surface area (Å²) in [7, 11) is 1.76. The highest BCUT2D eigenvalue weighted by atomic mass is 16.1. The van der Waals surface area contributed by atoms with Crippen molar-refractivity contribution in [2.24, 2.45) is 0 Å². The molecule has 0 saturated heterocycles. The van der Waals surface area contributed by atoms with E-state index in [1.54, 1.807) is 14.0 Å². The van der Waals surface area contributed by atoms with Crippen LogP contribution in [0.2, 0.25) is 0 Å². The lowest BCUT2D eigenvalue weighted by Gasteiger charge is -2.14. The van der Waals surface area contributed by atoms with Crippen LogP contribution < -0.4 is 16.2 Å². The third-order valence-corrected chi connectivity index (χ3v) is 3.06. The Morgan fingerprint density at radius 3 is 2.42 bits per heavy atom. The molecule has 0 aromatic rings. The molecule has 3 N–H and O–H groups in total. The van der Waals surface area contributed by atoms with Crippen LogP contribution in [0.1, 0.15) is 58.8 Å². The van der Waals surface area contributed by atoms with Crippen LogP contribution in [-0.4, -0.2) is 31.3 Å². The van der Waals surface area contributed by atoms with E-state index in [0.717, 1.165) is 38.5 Å². The highest BCUT2D eigenvalue weighted by Crippen LogP contribution is 2.02. The van der Waals surface area contributed by atoms with Crippen molar-refractivity contribution in [3.05, 3.63) is 0 Å². The predicted molar refractivity (Wildman–Crippen MR) is 77.7 cm³/mol. The molecule has 0 rings (SSSR count). The number of hydrazine groups is 1. The second-order valence-electron chi connectivity index (χ2n) is 4.86. The van der Waals surface area contributed by atoms with Crippen molar-refractivity contribution < 1.29 is 9.59 Å². The van der Waals surface area contributed by atoms with Crippen LogP contribution in [0.25, 0.3) is 0 Å². The fraction of sp³-hybridized carbons (Fsp3) is 0.857. The Balaban J connectivity index is 3.52. The van der Waals surface area contributed by atoms with E-state index in [4.69, 9.17) is 0 Å². The van der Waals surface area contributed by atoms with Crippen molar-refractivity contribution >= 4 is 11.7 Å². The second-order valence-corrected chi connectivity index (χ2v) is 4.86. The zero-order valence-electron chi connectivity index (χ0n) is 12.6. The Morgan fingerprint density at radius 1 is 1.11 bits per heavy atom.